The van der Waals surface area contributed by atoms with Crippen molar-refractivity contribution >= 4 is 22.0 Å². The van der Waals surface area contributed by atoms with Crippen LogP contribution in [-0.2, 0) is 4.74 Å². The van der Waals surface area contributed by atoms with Crippen molar-refractivity contribution in [1.82, 2.24) is 4.90 Å². The number of nitriles is 1. The van der Waals surface area contributed by atoms with E-state index in [1.165, 1.54) is 12.1 Å². The van der Waals surface area contributed by atoms with Crippen molar-refractivity contribution in [2.75, 3.05) is 26.3 Å². The maximum atomic E-state index is 14.3. The van der Waals surface area contributed by atoms with Crippen LogP contribution in [0.5, 0.6) is 17.2 Å². The van der Waals surface area contributed by atoms with Gasteiger partial charge in [0.2, 0.25) is 0 Å². The van der Waals surface area contributed by atoms with Gasteiger partial charge in [0.1, 0.15) is 24.2 Å². The number of cyclic esters (lactones) is 1. The molecule has 2 aromatic rings. The van der Waals surface area contributed by atoms with Crippen LogP contribution in [0.25, 0.3) is 0 Å². The monoisotopic (exact) mass is 434 g/mol. The number of carbonyl (C=O) groups is 1. The van der Waals surface area contributed by atoms with Crippen LogP contribution < -0.4 is 9.47 Å². The molecule has 0 atom stereocenters. The fraction of sp³-hybridized carbons (Fsp3) is 0.263. The molecule has 0 radical (unpaired) electrons. The zero-order valence-corrected chi connectivity index (χ0v) is 15.9. The fourth-order valence-electron chi connectivity index (χ4n) is 2.52. The van der Waals surface area contributed by atoms with E-state index in [-0.39, 0.29) is 17.6 Å². The minimum atomic E-state index is -0.598. The van der Waals surface area contributed by atoms with Crippen molar-refractivity contribution in [1.29, 1.82) is 5.26 Å². The standard InChI is InChI=1S/C19H16BrFN2O4/c20-14-3-2-13(12-22)18(10-14)27-17-5-4-15(11-16(17)21)25-8-1-6-23-7-9-26-19(23)24/h2-5,10-11H,1,6-9H2. The lowest BCUT2D eigenvalue weighted by atomic mass is 10.2. The van der Waals surface area contributed by atoms with E-state index in [0.717, 1.165) is 4.47 Å². The second-order valence-corrected chi connectivity index (χ2v) is 6.67. The summed E-state index contributed by atoms with van der Waals surface area (Å²) in [6, 6.07) is 11.2. The van der Waals surface area contributed by atoms with Gasteiger partial charge in [0, 0.05) is 17.1 Å². The van der Waals surface area contributed by atoms with Crippen LogP contribution in [0.4, 0.5) is 9.18 Å². The first-order chi connectivity index (χ1) is 13.1. The highest BCUT2D eigenvalue weighted by Gasteiger charge is 2.20. The third kappa shape index (κ3) is 4.89. The molecule has 1 amide bonds. The Morgan fingerprint density at radius 3 is 2.81 bits per heavy atom. The molecule has 0 aromatic heterocycles. The molecule has 0 aliphatic carbocycles. The lowest BCUT2D eigenvalue weighted by Gasteiger charge is -2.13. The zero-order valence-electron chi connectivity index (χ0n) is 14.3. The Morgan fingerprint density at radius 1 is 1.26 bits per heavy atom. The maximum absolute atomic E-state index is 14.3. The Balaban J connectivity index is 1.57. The molecule has 3 rings (SSSR count). The first-order valence-corrected chi connectivity index (χ1v) is 9.07. The van der Waals surface area contributed by atoms with E-state index in [4.69, 9.17) is 19.5 Å². The van der Waals surface area contributed by atoms with Gasteiger partial charge < -0.3 is 19.1 Å². The molecule has 2 aromatic carbocycles. The summed E-state index contributed by atoms with van der Waals surface area (Å²) in [4.78, 5) is 12.9. The summed E-state index contributed by atoms with van der Waals surface area (Å²) in [6.45, 7) is 1.87. The topological polar surface area (TPSA) is 71.8 Å². The highest BCUT2D eigenvalue weighted by molar-refractivity contribution is 9.10. The molecule has 0 bridgehead atoms. The number of benzene rings is 2. The third-order valence-electron chi connectivity index (χ3n) is 3.87. The van der Waals surface area contributed by atoms with E-state index in [0.29, 0.717) is 44.0 Å². The summed E-state index contributed by atoms with van der Waals surface area (Å²) in [6.07, 6.45) is 0.297. The van der Waals surface area contributed by atoms with E-state index in [9.17, 15) is 9.18 Å². The first kappa shape index (κ1) is 19.0. The van der Waals surface area contributed by atoms with Crippen molar-refractivity contribution in [3.8, 4) is 23.3 Å². The van der Waals surface area contributed by atoms with E-state index in [1.54, 1.807) is 29.2 Å². The molecule has 1 aliphatic heterocycles. The lowest BCUT2D eigenvalue weighted by Crippen LogP contribution is -2.26. The molecule has 8 heteroatoms. The highest BCUT2D eigenvalue weighted by Crippen LogP contribution is 2.31. The van der Waals surface area contributed by atoms with Crippen molar-refractivity contribution in [3.63, 3.8) is 0 Å². The first-order valence-electron chi connectivity index (χ1n) is 8.28. The Labute approximate surface area is 164 Å². The number of carbonyl (C=O) groups excluding carboxylic acids is 1. The van der Waals surface area contributed by atoms with E-state index < -0.39 is 5.82 Å². The molecule has 0 spiro atoms. The van der Waals surface area contributed by atoms with Crippen molar-refractivity contribution < 1.29 is 23.4 Å². The average Bonchev–Trinajstić information content (AvgIpc) is 3.06. The van der Waals surface area contributed by atoms with Crippen LogP contribution in [0, 0.1) is 17.1 Å². The van der Waals surface area contributed by atoms with Crippen LogP contribution in [0.2, 0.25) is 0 Å². The summed E-state index contributed by atoms with van der Waals surface area (Å²) >= 11 is 3.30. The van der Waals surface area contributed by atoms with Crippen LogP contribution in [0.15, 0.2) is 40.9 Å². The minimum absolute atomic E-state index is 0.00300. The highest BCUT2D eigenvalue weighted by atomic mass is 79.9. The number of halogens is 2. The second-order valence-electron chi connectivity index (χ2n) is 5.75. The second kappa shape index (κ2) is 8.73. The molecule has 1 fully saturated rings. The lowest BCUT2D eigenvalue weighted by molar-refractivity contribution is 0.156. The normalized spacial score (nSPS) is 13.2. The molecule has 0 unspecified atom stereocenters. The Kier molecular flexibility index (Phi) is 6.14. The number of rotatable bonds is 7. The van der Waals surface area contributed by atoms with Gasteiger partial charge in [-0.2, -0.15) is 5.26 Å². The Morgan fingerprint density at radius 2 is 2.11 bits per heavy atom. The summed E-state index contributed by atoms with van der Waals surface area (Å²) in [5.41, 5.74) is 0.304. The van der Waals surface area contributed by atoms with E-state index in [1.807, 2.05) is 6.07 Å². The van der Waals surface area contributed by atoms with Crippen LogP contribution in [0.1, 0.15) is 12.0 Å². The van der Waals surface area contributed by atoms with Crippen LogP contribution >= 0.6 is 15.9 Å². The largest absolute Gasteiger partial charge is 0.493 e. The van der Waals surface area contributed by atoms with Gasteiger partial charge in [-0.25, -0.2) is 9.18 Å². The average molecular weight is 435 g/mol. The van der Waals surface area contributed by atoms with Crippen molar-refractivity contribution in [3.05, 3.63) is 52.3 Å². The summed E-state index contributed by atoms with van der Waals surface area (Å²) in [7, 11) is 0. The Bertz CT molecular complexity index is 884. The predicted octanol–water partition coefficient (Wildman–Crippen LogP) is 4.47. The quantitative estimate of drug-likeness (QED) is 0.600. The maximum Gasteiger partial charge on any atom is 0.409 e. The van der Waals surface area contributed by atoms with Gasteiger partial charge in [0.05, 0.1) is 18.7 Å². The van der Waals surface area contributed by atoms with Gasteiger partial charge in [-0.05, 0) is 36.8 Å². The number of ether oxygens (including phenoxy) is 3. The molecule has 27 heavy (non-hydrogen) atoms. The molecule has 140 valence electrons. The van der Waals surface area contributed by atoms with Gasteiger partial charge in [-0.15, -0.1) is 0 Å². The summed E-state index contributed by atoms with van der Waals surface area (Å²) < 4.78 is 30.9. The summed E-state index contributed by atoms with van der Waals surface area (Å²) in [5, 5.41) is 9.12. The van der Waals surface area contributed by atoms with Gasteiger partial charge in [0.15, 0.2) is 11.6 Å². The smallest absolute Gasteiger partial charge is 0.409 e. The van der Waals surface area contributed by atoms with Gasteiger partial charge >= 0.3 is 6.09 Å². The zero-order chi connectivity index (χ0) is 19.2. The molecule has 6 nitrogen and oxygen atoms in total. The minimum Gasteiger partial charge on any atom is -0.493 e. The number of nitrogens with zero attached hydrogens (tertiary/aromatic N) is 2. The van der Waals surface area contributed by atoms with Crippen LogP contribution in [0.3, 0.4) is 0 Å². The molecule has 0 saturated carbocycles. The van der Waals surface area contributed by atoms with Gasteiger partial charge in [-0.3, -0.25) is 0 Å². The number of hydrogen-bond acceptors (Lipinski definition) is 5. The van der Waals surface area contributed by atoms with Crippen LogP contribution in [-0.4, -0.2) is 37.3 Å². The van der Waals surface area contributed by atoms with Crippen molar-refractivity contribution in [2.45, 2.75) is 6.42 Å². The molecule has 0 N–H and O–H groups in total. The molecule has 1 saturated heterocycles. The molecule has 1 aliphatic rings. The third-order valence-corrected chi connectivity index (χ3v) is 4.37. The van der Waals surface area contributed by atoms with Gasteiger partial charge in [0.25, 0.3) is 0 Å². The molecular formula is C19H16BrFN2O4. The predicted molar refractivity (Wildman–Crippen MR) is 98.4 cm³/mol. The van der Waals surface area contributed by atoms with Crippen molar-refractivity contribution in [2.24, 2.45) is 0 Å². The SMILES string of the molecule is N#Cc1ccc(Br)cc1Oc1ccc(OCCCN2CCOC2=O)cc1F. The fourth-order valence-corrected chi connectivity index (χ4v) is 2.86. The van der Waals surface area contributed by atoms with E-state index >= 15 is 0 Å². The van der Waals surface area contributed by atoms with Gasteiger partial charge in [-0.1, -0.05) is 15.9 Å². The number of hydrogen-bond donors (Lipinski definition) is 0. The van der Waals surface area contributed by atoms with E-state index in [2.05, 4.69) is 15.9 Å². The summed E-state index contributed by atoms with van der Waals surface area (Å²) in [5.74, 6) is 0.0202. The molecular weight excluding hydrogens is 419 g/mol. The number of amides is 1. The molecule has 1 heterocycles. The Hall–Kier alpha value is -2.79.